The molecule has 3 aromatic rings. The average molecular weight is 373 g/mol. The van der Waals surface area contributed by atoms with Gasteiger partial charge in [0.15, 0.2) is 17.7 Å². The molecule has 3 heterocycles. The van der Waals surface area contributed by atoms with E-state index in [0.29, 0.717) is 16.9 Å². The number of ether oxygens (including phenoxy) is 1. The summed E-state index contributed by atoms with van der Waals surface area (Å²) < 4.78 is 7.51. The van der Waals surface area contributed by atoms with Crippen molar-refractivity contribution >= 4 is 28.7 Å². The number of anilines is 1. The highest BCUT2D eigenvalue weighted by Gasteiger charge is 2.44. The molecular formula is C17H19N5O3S. The molecule has 1 aliphatic heterocycles. The zero-order chi connectivity index (χ0) is 18.3. The summed E-state index contributed by atoms with van der Waals surface area (Å²) in [6.07, 6.45) is -0.573. The van der Waals surface area contributed by atoms with Crippen molar-refractivity contribution in [2.75, 3.05) is 11.5 Å². The van der Waals surface area contributed by atoms with Crippen LogP contribution in [0.5, 0.6) is 0 Å². The maximum atomic E-state index is 10.5. The molecule has 8 nitrogen and oxygen atoms in total. The number of aromatic nitrogens is 4. The van der Waals surface area contributed by atoms with E-state index in [2.05, 4.69) is 21.0 Å². The van der Waals surface area contributed by atoms with Gasteiger partial charge in [-0.15, -0.1) is 11.8 Å². The molecule has 26 heavy (non-hydrogen) atoms. The number of fused-ring (bicyclic) bond motifs is 1. The van der Waals surface area contributed by atoms with E-state index in [9.17, 15) is 10.2 Å². The lowest BCUT2D eigenvalue weighted by Crippen LogP contribution is -2.32. The molecule has 0 aliphatic carbocycles. The third-order valence-corrected chi connectivity index (χ3v) is 5.48. The molecule has 0 spiro atoms. The number of hydrogen-bond acceptors (Lipinski definition) is 8. The molecule has 136 valence electrons. The molecule has 4 N–H and O–H groups in total. The summed E-state index contributed by atoms with van der Waals surface area (Å²) in [6, 6.07) is 8.10. The fourth-order valence-electron chi connectivity index (χ4n) is 3.04. The summed E-state index contributed by atoms with van der Waals surface area (Å²) in [4.78, 5) is 13.3. The standard InChI is InChI=1S/C17H19N5O3S/c1-9-3-2-4-10(5-9)26-6-11-13(23)14(24)17(25-11)22-8-21-12-15(18)19-7-20-16(12)22/h2-5,7-8,11,13-14,17,23-24H,6H2,1H3,(H2,18,19,20)/t11-,13-,14-,17-/m1/s1. The number of rotatable bonds is 4. The zero-order valence-electron chi connectivity index (χ0n) is 14.1. The van der Waals surface area contributed by atoms with Crippen LogP contribution in [0.3, 0.4) is 0 Å². The van der Waals surface area contributed by atoms with Crippen molar-refractivity contribution in [1.29, 1.82) is 0 Å². The fraction of sp³-hybridized carbons (Fsp3) is 0.353. The van der Waals surface area contributed by atoms with Gasteiger partial charge in [-0.2, -0.15) is 0 Å². The first-order valence-corrected chi connectivity index (χ1v) is 9.17. The lowest BCUT2D eigenvalue weighted by Gasteiger charge is -2.16. The average Bonchev–Trinajstić information content (AvgIpc) is 3.17. The number of nitrogens with zero attached hydrogens (tertiary/aromatic N) is 4. The van der Waals surface area contributed by atoms with Crippen LogP contribution in [0.2, 0.25) is 0 Å². The Kier molecular flexibility index (Phi) is 4.53. The van der Waals surface area contributed by atoms with Gasteiger partial charge in [0.1, 0.15) is 24.1 Å². The Hall–Kier alpha value is -2.20. The van der Waals surface area contributed by atoms with Crippen LogP contribution >= 0.6 is 11.8 Å². The van der Waals surface area contributed by atoms with Gasteiger partial charge < -0.3 is 20.7 Å². The summed E-state index contributed by atoms with van der Waals surface area (Å²) >= 11 is 1.58. The molecule has 1 saturated heterocycles. The van der Waals surface area contributed by atoms with Gasteiger partial charge >= 0.3 is 0 Å². The van der Waals surface area contributed by atoms with Crippen LogP contribution in [0.4, 0.5) is 5.82 Å². The van der Waals surface area contributed by atoms with E-state index < -0.39 is 24.5 Å². The van der Waals surface area contributed by atoms with Gasteiger partial charge in [0, 0.05) is 10.6 Å². The van der Waals surface area contributed by atoms with Crippen LogP contribution in [0.25, 0.3) is 11.2 Å². The minimum atomic E-state index is -1.09. The molecule has 0 amide bonds. The van der Waals surface area contributed by atoms with E-state index in [1.807, 2.05) is 25.1 Å². The molecule has 9 heteroatoms. The Morgan fingerprint density at radius 1 is 1.23 bits per heavy atom. The number of hydrogen-bond donors (Lipinski definition) is 3. The van der Waals surface area contributed by atoms with E-state index in [1.54, 1.807) is 16.3 Å². The van der Waals surface area contributed by atoms with Gasteiger partial charge in [-0.3, -0.25) is 4.57 Å². The molecular weight excluding hydrogens is 354 g/mol. The molecule has 2 aromatic heterocycles. The van der Waals surface area contributed by atoms with Crippen LogP contribution in [0.15, 0.2) is 41.8 Å². The Morgan fingerprint density at radius 3 is 2.88 bits per heavy atom. The van der Waals surface area contributed by atoms with Gasteiger partial charge in [0.25, 0.3) is 0 Å². The SMILES string of the molecule is Cc1cccc(SC[C@H]2O[C@@H](n3cnc4c(N)ncnc43)[C@H](O)[C@@H]2O)c1. The van der Waals surface area contributed by atoms with E-state index in [-0.39, 0.29) is 5.82 Å². The maximum Gasteiger partial charge on any atom is 0.167 e. The van der Waals surface area contributed by atoms with Crippen LogP contribution in [-0.2, 0) is 4.74 Å². The Bertz CT molecular complexity index is 934. The predicted molar refractivity (Wildman–Crippen MR) is 97.6 cm³/mol. The van der Waals surface area contributed by atoms with Crippen molar-refractivity contribution in [3.8, 4) is 0 Å². The summed E-state index contributed by atoms with van der Waals surface area (Å²) in [5.74, 6) is 0.774. The highest BCUT2D eigenvalue weighted by atomic mass is 32.2. The van der Waals surface area contributed by atoms with Gasteiger partial charge in [0.2, 0.25) is 0 Å². The topological polar surface area (TPSA) is 119 Å². The first-order chi connectivity index (χ1) is 12.5. The highest BCUT2D eigenvalue weighted by Crippen LogP contribution is 2.34. The number of benzene rings is 1. The number of aliphatic hydroxyl groups is 2. The van der Waals surface area contributed by atoms with E-state index >= 15 is 0 Å². The first-order valence-electron chi connectivity index (χ1n) is 8.18. The molecule has 0 radical (unpaired) electrons. The molecule has 1 aliphatic rings. The Morgan fingerprint density at radius 2 is 2.08 bits per heavy atom. The largest absolute Gasteiger partial charge is 0.387 e. The van der Waals surface area contributed by atoms with E-state index in [4.69, 9.17) is 10.5 Å². The van der Waals surface area contributed by atoms with Crippen molar-refractivity contribution in [3.05, 3.63) is 42.5 Å². The monoisotopic (exact) mass is 373 g/mol. The van der Waals surface area contributed by atoms with Crippen molar-refractivity contribution in [2.24, 2.45) is 0 Å². The summed E-state index contributed by atoms with van der Waals surface area (Å²) in [5.41, 5.74) is 7.87. The molecule has 1 fully saturated rings. The highest BCUT2D eigenvalue weighted by molar-refractivity contribution is 7.99. The summed E-state index contributed by atoms with van der Waals surface area (Å²) in [7, 11) is 0. The lowest BCUT2D eigenvalue weighted by molar-refractivity contribution is -0.0289. The zero-order valence-corrected chi connectivity index (χ0v) is 14.9. The van der Waals surface area contributed by atoms with Gasteiger partial charge in [-0.1, -0.05) is 17.7 Å². The van der Waals surface area contributed by atoms with Crippen molar-refractivity contribution in [2.45, 2.75) is 36.4 Å². The normalized spacial score (nSPS) is 25.8. The minimum absolute atomic E-state index is 0.258. The molecule has 4 atom stereocenters. The number of nitrogens with two attached hydrogens (primary N) is 1. The van der Waals surface area contributed by atoms with Crippen molar-refractivity contribution in [1.82, 2.24) is 19.5 Å². The minimum Gasteiger partial charge on any atom is -0.387 e. The molecule has 0 saturated carbocycles. The van der Waals surface area contributed by atoms with Gasteiger partial charge in [0.05, 0.1) is 12.4 Å². The van der Waals surface area contributed by atoms with Gasteiger partial charge in [-0.05, 0) is 19.1 Å². The van der Waals surface area contributed by atoms with Gasteiger partial charge in [-0.25, -0.2) is 15.0 Å². The second kappa shape index (κ2) is 6.84. The predicted octanol–water partition coefficient (Wildman–Crippen LogP) is 1.13. The molecule has 0 unspecified atom stereocenters. The van der Waals surface area contributed by atoms with Crippen molar-refractivity contribution < 1.29 is 14.9 Å². The molecule has 4 rings (SSSR count). The molecule has 0 bridgehead atoms. The summed E-state index contributed by atoms with van der Waals surface area (Å²) in [5, 5.41) is 20.9. The summed E-state index contributed by atoms with van der Waals surface area (Å²) in [6.45, 7) is 2.03. The number of thioether (sulfide) groups is 1. The second-order valence-electron chi connectivity index (χ2n) is 6.26. The first kappa shape index (κ1) is 17.2. The number of aliphatic hydroxyl groups excluding tert-OH is 2. The van der Waals surface area contributed by atoms with Crippen molar-refractivity contribution in [3.63, 3.8) is 0 Å². The number of aryl methyl sites for hydroxylation is 1. The Balaban J connectivity index is 1.53. The second-order valence-corrected chi connectivity index (χ2v) is 7.35. The Labute approximate surface area is 154 Å². The van der Waals surface area contributed by atoms with Crippen LogP contribution in [-0.4, -0.2) is 53.8 Å². The number of imidazole rings is 1. The third-order valence-electron chi connectivity index (χ3n) is 4.40. The quantitative estimate of drug-likeness (QED) is 0.582. The maximum absolute atomic E-state index is 10.5. The third kappa shape index (κ3) is 3.03. The van der Waals surface area contributed by atoms with E-state index in [0.717, 1.165) is 4.90 Å². The number of nitrogen functional groups attached to an aromatic ring is 1. The van der Waals surface area contributed by atoms with E-state index in [1.165, 1.54) is 18.2 Å². The smallest absolute Gasteiger partial charge is 0.167 e. The van der Waals surface area contributed by atoms with Crippen LogP contribution in [0, 0.1) is 6.92 Å². The lowest BCUT2D eigenvalue weighted by atomic mass is 10.1. The van der Waals surface area contributed by atoms with Crippen LogP contribution in [0.1, 0.15) is 11.8 Å². The van der Waals surface area contributed by atoms with Crippen LogP contribution < -0.4 is 5.73 Å². The fourth-order valence-corrected chi connectivity index (χ4v) is 4.11. The molecule has 1 aromatic carbocycles.